The Morgan fingerprint density at radius 3 is 2.52 bits per heavy atom. The number of hydrogen-bond acceptors (Lipinski definition) is 3. The van der Waals surface area contributed by atoms with E-state index in [0.29, 0.717) is 6.61 Å². The van der Waals surface area contributed by atoms with Gasteiger partial charge in [0.1, 0.15) is 0 Å². The molecule has 4 heteroatoms. The Balaban J connectivity index is 1.96. The second kappa shape index (κ2) is 6.66. The van der Waals surface area contributed by atoms with Gasteiger partial charge in [-0.15, -0.1) is 0 Å². The normalized spacial score (nSPS) is 15.3. The number of hydrogen-bond donors (Lipinski definition) is 1. The molecular weight excluding hydrogens is 377 g/mol. The summed E-state index contributed by atoms with van der Waals surface area (Å²) in [5, 5.41) is 3.38. The Hall–Kier alpha value is -1.27. The lowest BCUT2D eigenvalue weighted by atomic mass is 9.98. The SMILES string of the molecule is CNC(c1cccc(I)c1)c1ccc2c(c1)OCCCO2. The Bertz CT molecular complexity index is 630. The molecular formula is C17H18INO2. The zero-order valence-corrected chi connectivity index (χ0v) is 14.1. The van der Waals surface area contributed by atoms with E-state index in [-0.39, 0.29) is 6.04 Å². The van der Waals surface area contributed by atoms with Crippen LogP contribution in [0.1, 0.15) is 23.6 Å². The van der Waals surface area contributed by atoms with Crippen molar-refractivity contribution in [2.24, 2.45) is 0 Å². The second-order valence-corrected chi connectivity index (χ2v) is 6.28. The van der Waals surface area contributed by atoms with Gasteiger partial charge in [0.05, 0.1) is 19.3 Å². The first-order valence-corrected chi connectivity index (χ1v) is 8.18. The summed E-state index contributed by atoms with van der Waals surface area (Å²) in [6, 6.07) is 14.9. The molecule has 0 bridgehead atoms. The van der Waals surface area contributed by atoms with Gasteiger partial charge in [-0.3, -0.25) is 0 Å². The summed E-state index contributed by atoms with van der Waals surface area (Å²) in [5.41, 5.74) is 2.43. The van der Waals surface area contributed by atoms with Crippen LogP contribution in [0.4, 0.5) is 0 Å². The third-order valence-corrected chi connectivity index (χ3v) is 4.25. The molecule has 21 heavy (non-hydrogen) atoms. The van der Waals surface area contributed by atoms with Crippen molar-refractivity contribution in [3.63, 3.8) is 0 Å². The molecule has 0 saturated carbocycles. The van der Waals surface area contributed by atoms with Crippen LogP contribution < -0.4 is 14.8 Å². The zero-order chi connectivity index (χ0) is 14.7. The molecule has 1 N–H and O–H groups in total. The number of rotatable bonds is 3. The molecule has 0 radical (unpaired) electrons. The molecule has 3 nitrogen and oxygen atoms in total. The molecule has 3 rings (SSSR count). The minimum atomic E-state index is 0.150. The third-order valence-electron chi connectivity index (χ3n) is 3.58. The summed E-state index contributed by atoms with van der Waals surface area (Å²) in [7, 11) is 1.98. The number of fused-ring (bicyclic) bond motifs is 1. The van der Waals surface area contributed by atoms with Crippen molar-refractivity contribution in [1.82, 2.24) is 5.32 Å². The molecule has 1 unspecified atom stereocenters. The maximum absolute atomic E-state index is 5.79. The van der Waals surface area contributed by atoms with Gasteiger partial charge in [0.2, 0.25) is 0 Å². The number of ether oxygens (including phenoxy) is 2. The highest BCUT2D eigenvalue weighted by Gasteiger charge is 2.16. The third kappa shape index (κ3) is 3.32. The van der Waals surface area contributed by atoms with Gasteiger partial charge in [0.25, 0.3) is 0 Å². The molecule has 0 aromatic heterocycles. The fourth-order valence-corrected chi connectivity index (χ4v) is 3.14. The van der Waals surface area contributed by atoms with Crippen molar-refractivity contribution < 1.29 is 9.47 Å². The molecule has 1 atom stereocenters. The standard InChI is InChI=1S/C17H18INO2/c1-19-17(12-4-2-5-14(18)10-12)13-6-7-15-16(11-13)21-9-3-8-20-15/h2,4-7,10-11,17,19H,3,8-9H2,1H3. The monoisotopic (exact) mass is 395 g/mol. The van der Waals surface area contributed by atoms with Crippen molar-refractivity contribution in [3.05, 3.63) is 57.2 Å². The summed E-state index contributed by atoms with van der Waals surface area (Å²) < 4.78 is 12.7. The number of halogens is 1. The highest BCUT2D eigenvalue weighted by molar-refractivity contribution is 14.1. The molecule has 0 saturated heterocycles. The maximum Gasteiger partial charge on any atom is 0.161 e. The first-order chi connectivity index (χ1) is 10.3. The van der Waals surface area contributed by atoms with E-state index >= 15 is 0 Å². The molecule has 110 valence electrons. The van der Waals surface area contributed by atoms with Gasteiger partial charge in [-0.05, 0) is 65.0 Å². The Morgan fingerprint density at radius 1 is 1.00 bits per heavy atom. The van der Waals surface area contributed by atoms with Crippen LogP contribution in [0.5, 0.6) is 11.5 Å². The highest BCUT2D eigenvalue weighted by Crippen LogP contribution is 2.34. The fourth-order valence-electron chi connectivity index (χ4n) is 2.57. The maximum atomic E-state index is 5.79. The lowest BCUT2D eigenvalue weighted by molar-refractivity contribution is 0.297. The molecule has 0 fully saturated rings. The van der Waals surface area contributed by atoms with E-state index in [9.17, 15) is 0 Å². The number of nitrogens with one attached hydrogen (secondary N) is 1. The molecule has 0 amide bonds. The molecule has 0 aliphatic carbocycles. The van der Waals surface area contributed by atoms with Crippen LogP contribution in [0.2, 0.25) is 0 Å². The van der Waals surface area contributed by atoms with Gasteiger partial charge in [-0.2, -0.15) is 0 Å². The van der Waals surface area contributed by atoms with E-state index < -0.39 is 0 Å². The predicted octanol–water partition coefficient (Wildman–Crippen LogP) is 3.76. The molecule has 2 aromatic rings. The molecule has 2 aromatic carbocycles. The summed E-state index contributed by atoms with van der Waals surface area (Å²) in [6.07, 6.45) is 0.927. The molecule has 0 spiro atoms. The second-order valence-electron chi connectivity index (χ2n) is 5.03. The van der Waals surface area contributed by atoms with Gasteiger partial charge in [-0.1, -0.05) is 18.2 Å². The van der Waals surface area contributed by atoms with E-state index in [1.54, 1.807) is 0 Å². The van der Waals surface area contributed by atoms with E-state index in [1.165, 1.54) is 14.7 Å². The zero-order valence-electron chi connectivity index (χ0n) is 11.9. The van der Waals surface area contributed by atoms with Gasteiger partial charge in [0, 0.05) is 9.99 Å². The highest BCUT2D eigenvalue weighted by atomic mass is 127. The lowest BCUT2D eigenvalue weighted by Gasteiger charge is -2.19. The topological polar surface area (TPSA) is 30.5 Å². The van der Waals surface area contributed by atoms with Crippen LogP contribution in [-0.2, 0) is 0 Å². The van der Waals surface area contributed by atoms with Crippen molar-refractivity contribution in [1.29, 1.82) is 0 Å². The van der Waals surface area contributed by atoms with Crippen LogP contribution in [0.15, 0.2) is 42.5 Å². The summed E-state index contributed by atoms with van der Waals surface area (Å²) in [4.78, 5) is 0. The van der Waals surface area contributed by atoms with E-state index in [0.717, 1.165) is 24.5 Å². The first-order valence-electron chi connectivity index (χ1n) is 7.10. The average molecular weight is 395 g/mol. The van der Waals surface area contributed by atoms with Gasteiger partial charge in [-0.25, -0.2) is 0 Å². The quantitative estimate of drug-likeness (QED) is 0.803. The minimum absolute atomic E-state index is 0.150. The van der Waals surface area contributed by atoms with E-state index in [2.05, 4.69) is 64.3 Å². The van der Waals surface area contributed by atoms with Crippen molar-refractivity contribution in [2.75, 3.05) is 20.3 Å². The van der Waals surface area contributed by atoms with Crippen LogP contribution in [0.3, 0.4) is 0 Å². The molecule has 1 heterocycles. The van der Waals surface area contributed by atoms with Gasteiger partial charge >= 0.3 is 0 Å². The number of benzene rings is 2. The molecule has 1 aliphatic heterocycles. The summed E-state index contributed by atoms with van der Waals surface area (Å²) in [6.45, 7) is 1.43. The van der Waals surface area contributed by atoms with Gasteiger partial charge < -0.3 is 14.8 Å². The Labute approximate surface area is 138 Å². The fraction of sp³-hybridized carbons (Fsp3) is 0.294. The average Bonchev–Trinajstić information content (AvgIpc) is 2.73. The predicted molar refractivity (Wildman–Crippen MR) is 92.1 cm³/mol. The largest absolute Gasteiger partial charge is 0.490 e. The smallest absolute Gasteiger partial charge is 0.161 e. The molecule has 1 aliphatic rings. The van der Waals surface area contributed by atoms with Gasteiger partial charge in [0.15, 0.2) is 11.5 Å². The summed E-state index contributed by atoms with van der Waals surface area (Å²) >= 11 is 2.34. The Morgan fingerprint density at radius 2 is 1.76 bits per heavy atom. The minimum Gasteiger partial charge on any atom is -0.490 e. The van der Waals surface area contributed by atoms with E-state index in [4.69, 9.17) is 9.47 Å². The van der Waals surface area contributed by atoms with Crippen LogP contribution in [0, 0.1) is 3.57 Å². The lowest BCUT2D eigenvalue weighted by Crippen LogP contribution is -2.17. The summed E-state index contributed by atoms with van der Waals surface area (Å²) in [5.74, 6) is 1.68. The first kappa shape index (κ1) is 14.7. The van der Waals surface area contributed by atoms with Crippen LogP contribution in [-0.4, -0.2) is 20.3 Å². The van der Waals surface area contributed by atoms with E-state index in [1.807, 2.05) is 13.1 Å². The Kier molecular flexibility index (Phi) is 4.65. The van der Waals surface area contributed by atoms with Crippen LogP contribution in [0.25, 0.3) is 0 Å². The van der Waals surface area contributed by atoms with Crippen molar-refractivity contribution in [2.45, 2.75) is 12.5 Å². The van der Waals surface area contributed by atoms with Crippen LogP contribution >= 0.6 is 22.6 Å². The van der Waals surface area contributed by atoms with Crippen molar-refractivity contribution >= 4 is 22.6 Å². The van der Waals surface area contributed by atoms with Crippen molar-refractivity contribution in [3.8, 4) is 11.5 Å².